The quantitative estimate of drug-likeness (QED) is 0.387. The summed E-state index contributed by atoms with van der Waals surface area (Å²) in [6.07, 6.45) is -2.01. The van der Waals surface area contributed by atoms with Gasteiger partial charge in [-0.05, 0) is 6.92 Å². The molecule has 1 aliphatic heterocycles. The SMILES string of the molecule is C[C@H](N)C(=O)[C@@]1(n2cnc3c(N)ncnc32)O[C@H](CO)[C@@H](O)[C@H]1O. The summed E-state index contributed by atoms with van der Waals surface area (Å²) < 4.78 is 6.74. The van der Waals surface area contributed by atoms with E-state index in [1.165, 1.54) is 19.6 Å². The number of hydrogen-bond donors (Lipinski definition) is 5. The van der Waals surface area contributed by atoms with Gasteiger partial charge in [-0.25, -0.2) is 15.0 Å². The highest BCUT2D eigenvalue weighted by Crippen LogP contribution is 2.39. The molecule has 11 heteroatoms. The first-order valence-corrected chi connectivity index (χ1v) is 7.23. The second-order valence-corrected chi connectivity index (χ2v) is 5.67. The zero-order valence-corrected chi connectivity index (χ0v) is 12.8. The molecule has 24 heavy (non-hydrogen) atoms. The summed E-state index contributed by atoms with van der Waals surface area (Å²) in [5.74, 6) is -0.629. The van der Waals surface area contributed by atoms with Crippen molar-refractivity contribution in [3.8, 4) is 0 Å². The summed E-state index contributed by atoms with van der Waals surface area (Å²) in [5.41, 5.74) is 9.67. The molecule has 7 N–H and O–H groups in total. The summed E-state index contributed by atoms with van der Waals surface area (Å²) in [7, 11) is 0. The molecule has 0 aliphatic carbocycles. The first-order chi connectivity index (χ1) is 11.3. The van der Waals surface area contributed by atoms with Crippen LogP contribution < -0.4 is 11.5 Å². The fourth-order valence-corrected chi connectivity index (χ4v) is 2.89. The Kier molecular flexibility index (Phi) is 3.97. The number of ketones is 1. The van der Waals surface area contributed by atoms with Gasteiger partial charge in [0.15, 0.2) is 11.5 Å². The number of nitrogens with zero attached hydrogens (tertiary/aromatic N) is 4. The Balaban J connectivity index is 2.26. The van der Waals surface area contributed by atoms with Crippen molar-refractivity contribution in [1.29, 1.82) is 0 Å². The third-order valence-corrected chi connectivity index (χ3v) is 4.10. The average molecular weight is 338 g/mol. The van der Waals surface area contributed by atoms with Crippen LogP contribution in [-0.4, -0.2) is 71.6 Å². The number of anilines is 1. The maximum absolute atomic E-state index is 12.8. The van der Waals surface area contributed by atoms with E-state index in [0.717, 1.165) is 4.57 Å². The summed E-state index contributed by atoms with van der Waals surface area (Å²) in [4.78, 5) is 24.7. The minimum atomic E-state index is -2.09. The molecular weight excluding hydrogens is 320 g/mol. The molecule has 2 aromatic rings. The highest BCUT2D eigenvalue weighted by Gasteiger charge is 2.61. The first kappa shape index (κ1) is 16.7. The van der Waals surface area contributed by atoms with Crippen molar-refractivity contribution in [2.24, 2.45) is 5.73 Å². The predicted octanol–water partition coefficient (Wildman–Crippen LogP) is -2.91. The molecule has 0 spiro atoms. The molecule has 1 aliphatic rings. The molecular formula is C13H18N6O5. The molecule has 1 saturated heterocycles. The van der Waals surface area contributed by atoms with Gasteiger partial charge in [0, 0.05) is 0 Å². The van der Waals surface area contributed by atoms with Gasteiger partial charge in [0.2, 0.25) is 11.5 Å². The Bertz CT molecular complexity index is 779. The number of nitrogens with two attached hydrogens (primary N) is 2. The second-order valence-electron chi connectivity index (χ2n) is 5.67. The van der Waals surface area contributed by atoms with E-state index in [4.69, 9.17) is 16.2 Å². The molecule has 5 atom stereocenters. The molecule has 0 aromatic carbocycles. The van der Waals surface area contributed by atoms with Crippen molar-refractivity contribution in [3.63, 3.8) is 0 Å². The van der Waals surface area contributed by atoms with Crippen molar-refractivity contribution >= 4 is 22.8 Å². The third kappa shape index (κ3) is 2.10. The lowest BCUT2D eigenvalue weighted by Crippen LogP contribution is -2.56. The largest absolute Gasteiger partial charge is 0.394 e. The highest BCUT2D eigenvalue weighted by molar-refractivity contribution is 5.92. The maximum atomic E-state index is 12.8. The number of hydrogen-bond acceptors (Lipinski definition) is 10. The third-order valence-electron chi connectivity index (χ3n) is 4.10. The van der Waals surface area contributed by atoms with Crippen LogP contribution in [0.25, 0.3) is 11.2 Å². The molecule has 3 heterocycles. The number of carbonyl (C=O) groups is 1. The van der Waals surface area contributed by atoms with Gasteiger partial charge < -0.3 is 31.5 Å². The number of aliphatic hydroxyl groups excluding tert-OH is 3. The van der Waals surface area contributed by atoms with Crippen LogP contribution in [0.1, 0.15) is 6.92 Å². The van der Waals surface area contributed by atoms with Crippen LogP contribution in [0.4, 0.5) is 5.82 Å². The van der Waals surface area contributed by atoms with Crippen LogP contribution in [-0.2, 0) is 15.3 Å². The minimum Gasteiger partial charge on any atom is -0.394 e. The predicted molar refractivity (Wildman–Crippen MR) is 80.3 cm³/mol. The maximum Gasteiger partial charge on any atom is 0.238 e. The van der Waals surface area contributed by atoms with Crippen molar-refractivity contribution in [2.45, 2.75) is 37.0 Å². The molecule has 3 rings (SSSR count). The number of rotatable bonds is 4. The van der Waals surface area contributed by atoms with Gasteiger partial charge in [-0.1, -0.05) is 0 Å². The van der Waals surface area contributed by atoms with Gasteiger partial charge in [-0.2, -0.15) is 0 Å². The van der Waals surface area contributed by atoms with Gasteiger partial charge in [0.25, 0.3) is 0 Å². The van der Waals surface area contributed by atoms with E-state index in [1.807, 2.05) is 0 Å². The molecule has 1 fully saturated rings. The summed E-state index contributed by atoms with van der Waals surface area (Å²) in [5, 5.41) is 30.0. The lowest BCUT2D eigenvalue weighted by Gasteiger charge is -2.33. The zero-order valence-electron chi connectivity index (χ0n) is 12.8. The van der Waals surface area contributed by atoms with Gasteiger partial charge in [0.05, 0.1) is 12.6 Å². The second kappa shape index (κ2) is 5.72. The van der Waals surface area contributed by atoms with E-state index in [1.54, 1.807) is 0 Å². The molecule has 2 aromatic heterocycles. The van der Waals surface area contributed by atoms with E-state index >= 15 is 0 Å². The van der Waals surface area contributed by atoms with Crippen LogP contribution in [0.15, 0.2) is 12.7 Å². The number of Topliss-reactive ketones (excluding diaryl/α,β-unsaturated/α-hetero) is 1. The number of aromatic nitrogens is 4. The standard InChI is InChI=1S/C13H18N6O5/c1-5(14)9(22)13(10(23)8(21)6(2-20)24-13)19-4-18-7-11(15)16-3-17-12(7)19/h3-6,8,10,20-21,23H,2,14H2,1H3,(H2,15,16,17)/t5-,6+,8+,10+,13+/m0/s1. The van der Waals surface area contributed by atoms with Gasteiger partial charge >= 0.3 is 0 Å². The molecule has 0 bridgehead atoms. The topological polar surface area (TPSA) is 183 Å². The van der Waals surface area contributed by atoms with E-state index in [2.05, 4.69) is 15.0 Å². The number of carbonyl (C=O) groups excluding carboxylic acids is 1. The fourth-order valence-electron chi connectivity index (χ4n) is 2.89. The lowest BCUT2D eigenvalue weighted by atomic mass is 9.94. The smallest absolute Gasteiger partial charge is 0.238 e. The van der Waals surface area contributed by atoms with Crippen LogP contribution in [0, 0.1) is 0 Å². The van der Waals surface area contributed by atoms with Crippen molar-refractivity contribution in [2.75, 3.05) is 12.3 Å². The van der Waals surface area contributed by atoms with Crippen molar-refractivity contribution in [3.05, 3.63) is 12.7 Å². The summed E-state index contributed by atoms with van der Waals surface area (Å²) in [6, 6.07) is -1.03. The summed E-state index contributed by atoms with van der Waals surface area (Å²) in [6.45, 7) is 0.817. The molecule has 0 unspecified atom stereocenters. The minimum absolute atomic E-state index is 0.0777. The van der Waals surface area contributed by atoms with Crippen LogP contribution in [0.3, 0.4) is 0 Å². The van der Waals surface area contributed by atoms with Crippen LogP contribution in [0.5, 0.6) is 0 Å². The fraction of sp³-hybridized carbons (Fsp3) is 0.538. The number of ether oxygens (including phenoxy) is 1. The van der Waals surface area contributed by atoms with Gasteiger partial charge in [-0.3, -0.25) is 9.36 Å². The van der Waals surface area contributed by atoms with Gasteiger partial charge in [0.1, 0.15) is 36.5 Å². The van der Waals surface area contributed by atoms with E-state index < -0.39 is 42.5 Å². The molecule has 130 valence electrons. The number of aliphatic hydroxyl groups is 3. The van der Waals surface area contributed by atoms with E-state index in [9.17, 15) is 20.1 Å². The monoisotopic (exact) mass is 338 g/mol. The summed E-state index contributed by atoms with van der Waals surface area (Å²) >= 11 is 0. The Morgan fingerprint density at radius 1 is 1.46 bits per heavy atom. The Hall–Kier alpha value is -2.18. The number of nitrogen functional groups attached to an aromatic ring is 1. The first-order valence-electron chi connectivity index (χ1n) is 7.23. The number of fused-ring (bicyclic) bond motifs is 1. The lowest BCUT2D eigenvalue weighted by molar-refractivity contribution is -0.175. The molecule has 0 saturated carbocycles. The van der Waals surface area contributed by atoms with Crippen molar-refractivity contribution < 1.29 is 24.9 Å². The van der Waals surface area contributed by atoms with Crippen LogP contribution in [0.2, 0.25) is 0 Å². The normalized spacial score (nSPS) is 31.5. The Morgan fingerprint density at radius 2 is 2.17 bits per heavy atom. The van der Waals surface area contributed by atoms with Crippen LogP contribution >= 0.6 is 0 Å². The van der Waals surface area contributed by atoms with Gasteiger partial charge in [-0.15, -0.1) is 0 Å². The molecule has 0 radical (unpaired) electrons. The Labute approximate surface area is 135 Å². The Morgan fingerprint density at radius 3 is 2.75 bits per heavy atom. The van der Waals surface area contributed by atoms with E-state index in [0.29, 0.717) is 0 Å². The van der Waals surface area contributed by atoms with E-state index in [-0.39, 0.29) is 17.0 Å². The zero-order chi connectivity index (χ0) is 17.6. The highest BCUT2D eigenvalue weighted by atomic mass is 16.6. The van der Waals surface area contributed by atoms with Crippen molar-refractivity contribution in [1.82, 2.24) is 19.5 Å². The average Bonchev–Trinajstić information content (AvgIpc) is 3.09. The number of imidazole rings is 1. The molecule has 11 nitrogen and oxygen atoms in total. The molecule has 0 amide bonds.